The van der Waals surface area contributed by atoms with Gasteiger partial charge in [0.25, 0.3) is 0 Å². The topological polar surface area (TPSA) is 84.0 Å². The lowest BCUT2D eigenvalue weighted by Gasteiger charge is -2.40. The molecule has 41 heavy (non-hydrogen) atoms. The Morgan fingerprint density at radius 2 is 2.02 bits per heavy atom. The molecule has 0 aliphatic carbocycles. The van der Waals surface area contributed by atoms with Gasteiger partial charge in [0.2, 0.25) is 5.91 Å². The highest BCUT2D eigenvalue weighted by atomic mass is 33.1. The molecule has 5 aromatic rings. The molecule has 2 aliphatic rings. The van der Waals surface area contributed by atoms with E-state index in [1.165, 1.54) is 50.3 Å². The number of pyridine rings is 1. The number of carbonyl (C=O) groups excluding carboxylic acids is 1. The van der Waals surface area contributed by atoms with E-state index in [-0.39, 0.29) is 44.0 Å². The third kappa shape index (κ3) is 3.87. The van der Waals surface area contributed by atoms with Crippen molar-refractivity contribution in [3.8, 4) is 0 Å². The molecule has 1 fully saturated rings. The lowest BCUT2D eigenvalue weighted by atomic mass is 10.1. The van der Waals surface area contributed by atoms with Gasteiger partial charge in [-0.15, -0.1) is 0 Å². The zero-order valence-corrected chi connectivity index (χ0v) is 23.7. The van der Waals surface area contributed by atoms with Crippen LogP contribution >= 0.6 is 21.6 Å². The summed E-state index contributed by atoms with van der Waals surface area (Å²) >= 11 is 0. The highest BCUT2D eigenvalue weighted by Gasteiger charge is 2.36. The van der Waals surface area contributed by atoms with E-state index in [0.29, 0.717) is 47.6 Å². The first kappa shape index (κ1) is 26.0. The number of hydrogen-bond donors (Lipinski definition) is 0. The van der Waals surface area contributed by atoms with Crippen LogP contribution in [0.2, 0.25) is 0 Å². The van der Waals surface area contributed by atoms with Crippen molar-refractivity contribution in [3.63, 3.8) is 0 Å². The van der Waals surface area contributed by atoms with E-state index in [4.69, 9.17) is 4.42 Å². The van der Waals surface area contributed by atoms with Crippen molar-refractivity contribution < 1.29 is 18.0 Å². The predicted molar refractivity (Wildman–Crippen MR) is 158 cm³/mol. The molecule has 0 saturated carbocycles. The van der Waals surface area contributed by atoms with Crippen LogP contribution in [0.4, 0.5) is 14.6 Å². The summed E-state index contributed by atoms with van der Waals surface area (Å²) in [6.45, 7) is 8.61. The maximum Gasteiger partial charge on any atom is 0.354 e. The maximum atomic E-state index is 16.6. The van der Waals surface area contributed by atoms with Crippen molar-refractivity contribution >= 4 is 71.7 Å². The number of hydrogen-bond acceptors (Lipinski definition) is 8. The number of aromatic nitrogens is 3. The third-order valence-corrected chi connectivity index (χ3v) is 10.3. The molecular weight excluding hydrogens is 568 g/mol. The van der Waals surface area contributed by atoms with Crippen molar-refractivity contribution in [1.82, 2.24) is 19.3 Å². The van der Waals surface area contributed by atoms with Gasteiger partial charge in [0.05, 0.1) is 33.4 Å². The SMILES string of the molecule is C=CC(=O)N1CCN2c3nc(=O)n4c5cc(c(F)c(c35)SSC2C1)c1c(F)cccc1oc1ccnc(C(C)C)c14. The van der Waals surface area contributed by atoms with Gasteiger partial charge in [-0.1, -0.05) is 48.1 Å². The Morgan fingerprint density at radius 3 is 2.80 bits per heavy atom. The van der Waals surface area contributed by atoms with Gasteiger partial charge in [-0.25, -0.2) is 13.6 Å². The van der Waals surface area contributed by atoms with Gasteiger partial charge >= 0.3 is 5.69 Å². The van der Waals surface area contributed by atoms with Crippen LogP contribution in [0.25, 0.3) is 38.4 Å². The molecule has 7 rings (SSSR count). The van der Waals surface area contributed by atoms with Crippen LogP contribution < -0.4 is 10.6 Å². The van der Waals surface area contributed by atoms with Gasteiger partial charge in [0, 0.05) is 30.7 Å². The molecule has 2 aromatic carbocycles. The van der Waals surface area contributed by atoms with Crippen LogP contribution in [0.3, 0.4) is 0 Å². The molecule has 2 aliphatic heterocycles. The number of rotatable bonds is 2. The maximum absolute atomic E-state index is 16.6. The summed E-state index contributed by atoms with van der Waals surface area (Å²) in [4.78, 5) is 39.4. The van der Waals surface area contributed by atoms with Crippen LogP contribution in [-0.2, 0) is 4.79 Å². The molecule has 5 heterocycles. The van der Waals surface area contributed by atoms with Crippen molar-refractivity contribution in [3.05, 3.63) is 77.0 Å². The summed E-state index contributed by atoms with van der Waals surface area (Å²) in [5.74, 6) is -1.26. The Balaban J connectivity index is 1.70. The zero-order chi connectivity index (χ0) is 28.6. The number of amides is 1. The third-order valence-electron chi connectivity index (χ3n) is 7.54. The fourth-order valence-corrected chi connectivity index (χ4v) is 8.46. The number of carbonyl (C=O) groups is 1. The fourth-order valence-electron chi connectivity index (χ4n) is 5.66. The number of benzene rings is 2. The standard InChI is InChI=1S/C29H23F2N5O3S2/c1-4-20(37)34-10-11-35-21(13-34)40-41-27-23-17-12-15(24(27)31)22-16(30)6-5-7-18(22)39-19-8-9-32-25(14(2)3)26(19)36(17)29(38)33-28(23)35/h4-9,12,14,21H,1,10-11,13H2,2-3H3. The smallest absolute Gasteiger partial charge is 0.354 e. The number of nitrogens with zero attached hydrogens (tertiary/aromatic N) is 5. The Morgan fingerprint density at radius 1 is 1.20 bits per heavy atom. The molecule has 3 aromatic heterocycles. The molecule has 0 spiro atoms. The molecule has 8 nitrogen and oxygen atoms in total. The van der Waals surface area contributed by atoms with Gasteiger partial charge in [-0.2, -0.15) is 4.98 Å². The molecule has 1 atom stereocenters. The summed E-state index contributed by atoms with van der Waals surface area (Å²) < 4.78 is 39.8. The molecule has 2 bridgehead atoms. The Bertz CT molecular complexity index is 2040. The highest BCUT2D eigenvalue weighted by molar-refractivity contribution is 8.77. The van der Waals surface area contributed by atoms with E-state index in [1.54, 1.807) is 23.2 Å². The van der Waals surface area contributed by atoms with E-state index in [0.717, 1.165) is 0 Å². The van der Waals surface area contributed by atoms with Gasteiger partial charge < -0.3 is 14.2 Å². The molecule has 12 heteroatoms. The molecule has 1 saturated heterocycles. The first-order valence-electron chi connectivity index (χ1n) is 13.0. The highest BCUT2D eigenvalue weighted by Crippen LogP contribution is 2.50. The minimum atomic E-state index is -0.653. The van der Waals surface area contributed by atoms with Gasteiger partial charge in [-0.3, -0.25) is 14.2 Å². The summed E-state index contributed by atoms with van der Waals surface area (Å²) in [6.07, 6.45) is 2.85. The molecule has 208 valence electrons. The van der Waals surface area contributed by atoms with Crippen LogP contribution in [0, 0.1) is 11.6 Å². The van der Waals surface area contributed by atoms with Crippen molar-refractivity contribution in [2.45, 2.75) is 30.0 Å². The van der Waals surface area contributed by atoms with Crippen LogP contribution in [-0.4, -0.2) is 50.2 Å². The van der Waals surface area contributed by atoms with Crippen LogP contribution in [0.1, 0.15) is 25.5 Å². The monoisotopic (exact) mass is 591 g/mol. The average Bonchev–Trinajstić information content (AvgIpc) is 3.08. The van der Waals surface area contributed by atoms with Crippen LogP contribution in [0.5, 0.6) is 0 Å². The summed E-state index contributed by atoms with van der Waals surface area (Å²) in [5, 5.41) is 0.0822. The second kappa shape index (κ2) is 9.59. The second-order valence-corrected chi connectivity index (χ2v) is 12.6. The molecule has 1 unspecified atom stereocenters. The number of piperazine rings is 1. The summed E-state index contributed by atoms with van der Waals surface area (Å²) in [5.41, 5.74) is 1.15. The van der Waals surface area contributed by atoms with Crippen molar-refractivity contribution in [2.24, 2.45) is 0 Å². The largest absolute Gasteiger partial charge is 0.454 e. The van der Waals surface area contributed by atoms with Gasteiger partial charge in [0.1, 0.15) is 33.9 Å². The second-order valence-electron chi connectivity index (χ2n) is 10.2. The van der Waals surface area contributed by atoms with Crippen LogP contribution in [0.15, 0.2) is 63.3 Å². The summed E-state index contributed by atoms with van der Waals surface area (Å²) in [6, 6.07) is 7.46. The fraction of sp³-hybridized carbons (Fsp3) is 0.241. The van der Waals surface area contributed by atoms with E-state index < -0.39 is 17.3 Å². The molecule has 0 N–H and O–H groups in total. The zero-order valence-electron chi connectivity index (χ0n) is 22.1. The Hall–Kier alpha value is -3.90. The normalized spacial score (nSPS) is 17.0. The average molecular weight is 592 g/mol. The van der Waals surface area contributed by atoms with Crippen molar-refractivity contribution in [1.29, 1.82) is 0 Å². The minimum absolute atomic E-state index is 0.0193. The predicted octanol–water partition coefficient (Wildman–Crippen LogP) is 6.02. The first-order valence-corrected chi connectivity index (χ1v) is 15.3. The van der Waals surface area contributed by atoms with Gasteiger partial charge in [-0.05, 0) is 30.2 Å². The van der Waals surface area contributed by atoms with E-state index >= 15 is 8.78 Å². The molecule has 0 radical (unpaired) electrons. The number of halogens is 2. The van der Waals surface area contributed by atoms with E-state index in [9.17, 15) is 9.59 Å². The van der Waals surface area contributed by atoms with E-state index in [2.05, 4.69) is 16.5 Å². The lowest BCUT2D eigenvalue weighted by molar-refractivity contribution is -0.126. The van der Waals surface area contributed by atoms with Crippen molar-refractivity contribution in [2.75, 3.05) is 24.5 Å². The quantitative estimate of drug-likeness (QED) is 0.182. The number of anilines is 1. The number of fused-ring (bicyclic) bond motifs is 7. The Kier molecular flexibility index (Phi) is 6.09. The molecular formula is C29H23F2N5O3S2. The minimum Gasteiger partial charge on any atom is -0.454 e. The van der Waals surface area contributed by atoms with E-state index in [1.807, 2.05) is 18.7 Å². The van der Waals surface area contributed by atoms with Gasteiger partial charge in [0.15, 0.2) is 5.58 Å². The first-order chi connectivity index (χ1) is 19.8. The Labute approximate surface area is 240 Å². The lowest BCUT2D eigenvalue weighted by Crippen LogP contribution is -2.53. The summed E-state index contributed by atoms with van der Waals surface area (Å²) in [7, 11) is 2.57. The molecule has 1 amide bonds.